The molecule has 1 aliphatic rings. The van der Waals surface area contributed by atoms with Gasteiger partial charge in [0, 0.05) is 6.04 Å². The monoisotopic (exact) mass is 225 g/mol. The first kappa shape index (κ1) is 12.8. The third kappa shape index (κ3) is 2.84. The van der Waals surface area contributed by atoms with Crippen molar-refractivity contribution in [1.29, 1.82) is 0 Å². The molecule has 1 fully saturated rings. The molecule has 0 aromatic heterocycles. The van der Waals surface area contributed by atoms with Gasteiger partial charge >= 0.3 is 6.18 Å². The lowest BCUT2D eigenvalue weighted by atomic mass is 9.88. The molecule has 0 aliphatic heterocycles. The van der Waals surface area contributed by atoms with E-state index in [-0.39, 0.29) is 11.5 Å². The van der Waals surface area contributed by atoms with E-state index in [0.29, 0.717) is 6.42 Å². The lowest BCUT2D eigenvalue weighted by molar-refractivity contribution is -0.227. The molecule has 0 spiro atoms. The Morgan fingerprint density at radius 3 is 2.27 bits per heavy atom. The van der Waals surface area contributed by atoms with Gasteiger partial charge in [-0.05, 0) is 25.2 Å². The van der Waals surface area contributed by atoms with Gasteiger partial charge < -0.3 is 10.5 Å². The van der Waals surface area contributed by atoms with E-state index in [1.807, 2.05) is 13.8 Å². The van der Waals surface area contributed by atoms with Gasteiger partial charge in [0.1, 0.15) is 0 Å². The number of hydrogen-bond donors (Lipinski definition) is 1. The fourth-order valence-corrected chi connectivity index (χ4v) is 1.86. The smallest absolute Gasteiger partial charge is 0.364 e. The summed E-state index contributed by atoms with van der Waals surface area (Å²) in [6.07, 6.45) is -5.09. The molecule has 1 saturated carbocycles. The van der Waals surface area contributed by atoms with E-state index in [0.717, 1.165) is 13.3 Å². The van der Waals surface area contributed by atoms with Crippen LogP contribution in [0.4, 0.5) is 13.2 Å². The van der Waals surface area contributed by atoms with Crippen molar-refractivity contribution in [2.45, 2.75) is 58.0 Å². The van der Waals surface area contributed by atoms with E-state index in [2.05, 4.69) is 0 Å². The summed E-state index contributed by atoms with van der Waals surface area (Å²) < 4.78 is 41.7. The highest BCUT2D eigenvalue weighted by Gasteiger charge is 2.45. The zero-order valence-electron chi connectivity index (χ0n) is 9.27. The molecule has 5 heteroatoms. The first-order chi connectivity index (χ1) is 6.64. The predicted octanol–water partition coefficient (Wildman–Crippen LogP) is 2.47. The molecule has 0 amide bonds. The van der Waals surface area contributed by atoms with Crippen molar-refractivity contribution in [1.82, 2.24) is 0 Å². The number of ether oxygens (including phenoxy) is 1. The summed E-state index contributed by atoms with van der Waals surface area (Å²) in [5.74, 6) is 0. The molecule has 2 nitrogen and oxygen atoms in total. The van der Waals surface area contributed by atoms with Crippen LogP contribution in [0.25, 0.3) is 0 Å². The number of alkyl halides is 3. The molecule has 0 heterocycles. The maximum absolute atomic E-state index is 12.3. The van der Waals surface area contributed by atoms with E-state index in [1.165, 1.54) is 0 Å². The van der Waals surface area contributed by atoms with Crippen molar-refractivity contribution >= 4 is 0 Å². The maximum atomic E-state index is 12.3. The third-order valence-electron chi connectivity index (χ3n) is 3.22. The molecule has 0 bridgehead atoms. The Hall–Kier alpha value is -0.290. The Labute approximate surface area is 88.0 Å². The quantitative estimate of drug-likeness (QED) is 0.783. The Morgan fingerprint density at radius 1 is 1.40 bits per heavy atom. The third-order valence-corrected chi connectivity index (χ3v) is 3.22. The minimum atomic E-state index is -4.30. The number of rotatable bonds is 2. The van der Waals surface area contributed by atoms with E-state index < -0.39 is 18.4 Å². The number of halogens is 3. The van der Waals surface area contributed by atoms with Gasteiger partial charge in [-0.25, -0.2) is 0 Å². The molecule has 0 aromatic carbocycles. The first-order valence-electron chi connectivity index (χ1n) is 5.12. The van der Waals surface area contributed by atoms with Gasteiger partial charge in [0.05, 0.1) is 6.10 Å². The predicted molar refractivity (Wildman–Crippen MR) is 51.4 cm³/mol. The molecule has 1 aliphatic carbocycles. The van der Waals surface area contributed by atoms with Crippen LogP contribution in [0.5, 0.6) is 0 Å². The van der Waals surface area contributed by atoms with Crippen molar-refractivity contribution in [2.75, 3.05) is 0 Å². The van der Waals surface area contributed by atoms with Gasteiger partial charge in [-0.2, -0.15) is 13.2 Å². The molecule has 90 valence electrons. The van der Waals surface area contributed by atoms with Crippen LogP contribution in [0.15, 0.2) is 0 Å². The van der Waals surface area contributed by atoms with Crippen LogP contribution in [0, 0.1) is 5.41 Å². The second kappa shape index (κ2) is 3.94. The Balaban J connectivity index is 2.55. The van der Waals surface area contributed by atoms with Gasteiger partial charge in [-0.3, -0.25) is 0 Å². The Morgan fingerprint density at radius 2 is 1.93 bits per heavy atom. The molecular weight excluding hydrogens is 207 g/mol. The summed E-state index contributed by atoms with van der Waals surface area (Å²) in [6.45, 7) is 4.94. The van der Waals surface area contributed by atoms with Gasteiger partial charge in [0.25, 0.3) is 0 Å². The second-order valence-corrected chi connectivity index (χ2v) is 4.91. The normalized spacial score (nSPS) is 33.0. The largest absolute Gasteiger partial charge is 0.414 e. The Kier molecular flexibility index (Phi) is 3.36. The van der Waals surface area contributed by atoms with E-state index in [1.54, 1.807) is 0 Å². The summed E-state index contributed by atoms with van der Waals surface area (Å²) in [5.41, 5.74) is 5.73. The number of nitrogens with two attached hydrogens (primary N) is 1. The molecular formula is C10H18F3NO. The van der Waals surface area contributed by atoms with Gasteiger partial charge in [-0.1, -0.05) is 13.8 Å². The van der Waals surface area contributed by atoms with Crippen LogP contribution in [0.2, 0.25) is 0 Å². The summed E-state index contributed by atoms with van der Waals surface area (Å²) in [6, 6.07) is -0.317. The highest BCUT2D eigenvalue weighted by Crippen LogP contribution is 2.39. The van der Waals surface area contributed by atoms with Gasteiger partial charge in [0.15, 0.2) is 6.10 Å². The van der Waals surface area contributed by atoms with Crippen LogP contribution >= 0.6 is 0 Å². The van der Waals surface area contributed by atoms with Crippen molar-refractivity contribution in [3.05, 3.63) is 0 Å². The summed E-state index contributed by atoms with van der Waals surface area (Å²) in [7, 11) is 0. The van der Waals surface area contributed by atoms with Gasteiger partial charge in [-0.15, -0.1) is 0 Å². The highest BCUT2D eigenvalue weighted by molar-refractivity contribution is 4.95. The van der Waals surface area contributed by atoms with E-state index in [4.69, 9.17) is 10.5 Å². The van der Waals surface area contributed by atoms with E-state index in [9.17, 15) is 13.2 Å². The average Bonchev–Trinajstić information content (AvgIpc) is 2.30. The highest BCUT2D eigenvalue weighted by atomic mass is 19.4. The molecule has 3 unspecified atom stereocenters. The standard InChI is InChI=1S/C10H18F3NO/c1-6(10(11,12)13)15-7-4-5-9(2,3)8(7)14/h6-8H,4-5,14H2,1-3H3. The molecule has 0 radical (unpaired) electrons. The second-order valence-electron chi connectivity index (χ2n) is 4.91. The minimum Gasteiger partial charge on any atom is -0.364 e. The van der Waals surface area contributed by atoms with Crippen molar-refractivity contribution < 1.29 is 17.9 Å². The SMILES string of the molecule is CC(OC1CCC(C)(C)C1N)C(F)(F)F. The molecule has 3 atom stereocenters. The molecule has 15 heavy (non-hydrogen) atoms. The topological polar surface area (TPSA) is 35.2 Å². The van der Waals surface area contributed by atoms with Crippen molar-refractivity contribution in [3.63, 3.8) is 0 Å². The van der Waals surface area contributed by atoms with Crippen molar-refractivity contribution in [2.24, 2.45) is 11.1 Å². The van der Waals surface area contributed by atoms with Crippen LogP contribution in [-0.4, -0.2) is 24.4 Å². The molecule has 0 aromatic rings. The first-order valence-corrected chi connectivity index (χ1v) is 5.12. The summed E-state index contributed by atoms with van der Waals surface area (Å²) in [5, 5.41) is 0. The lowest BCUT2D eigenvalue weighted by Crippen LogP contribution is -2.44. The average molecular weight is 225 g/mol. The molecule has 0 saturated heterocycles. The van der Waals surface area contributed by atoms with Crippen LogP contribution in [0.1, 0.15) is 33.6 Å². The van der Waals surface area contributed by atoms with Crippen LogP contribution in [0.3, 0.4) is 0 Å². The number of hydrogen-bond acceptors (Lipinski definition) is 2. The minimum absolute atomic E-state index is 0.129. The zero-order chi connectivity index (χ0) is 11.9. The fraction of sp³-hybridized carbons (Fsp3) is 1.00. The lowest BCUT2D eigenvalue weighted by Gasteiger charge is -2.29. The van der Waals surface area contributed by atoms with Crippen LogP contribution < -0.4 is 5.73 Å². The zero-order valence-corrected chi connectivity index (χ0v) is 9.27. The summed E-state index contributed by atoms with van der Waals surface area (Å²) >= 11 is 0. The Bertz CT molecular complexity index is 227. The van der Waals surface area contributed by atoms with Gasteiger partial charge in [0.2, 0.25) is 0 Å². The maximum Gasteiger partial charge on any atom is 0.414 e. The summed E-state index contributed by atoms with van der Waals surface area (Å²) in [4.78, 5) is 0. The fourth-order valence-electron chi connectivity index (χ4n) is 1.86. The molecule has 2 N–H and O–H groups in total. The van der Waals surface area contributed by atoms with Crippen LogP contribution in [-0.2, 0) is 4.74 Å². The van der Waals surface area contributed by atoms with E-state index >= 15 is 0 Å². The van der Waals surface area contributed by atoms with Crippen molar-refractivity contribution in [3.8, 4) is 0 Å². The molecule has 1 rings (SSSR count).